The van der Waals surface area contributed by atoms with Crippen molar-refractivity contribution in [2.24, 2.45) is 4.99 Å². The highest BCUT2D eigenvalue weighted by Gasteiger charge is 2.36. The number of aromatic nitrogens is 1. The average molecular weight is 682 g/mol. The van der Waals surface area contributed by atoms with Crippen LogP contribution in [0.5, 0.6) is 17.2 Å². The first-order valence-electron chi connectivity index (χ1n) is 15.7. The lowest BCUT2D eigenvalue weighted by Gasteiger charge is -2.30. The van der Waals surface area contributed by atoms with E-state index in [0.29, 0.717) is 68.1 Å². The Labute approximate surface area is 287 Å². The van der Waals surface area contributed by atoms with E-state index in [-0.39, 0.29) is 11.5 Å². The zero-order chi connectivity index (χ0) is 33.9. The predicted molar refractivity (Wildman–Crippen MR) is 191 cm³/mol. The van der Waals surface area contributed by atoms with Crippen molar-refractivity contribution in [3.63, 3.8) is 0 Å². The minimum absolute atomic E-state index is 0.168. The topological polar surface area (TPSA) is 82.4 Å². The molecule has 1 amide bonds. The molecule has 0 saturated heterocycles. The Bertz CT molecular complexity index is 2220. The van der Waals surface area contributed by atoms with Gasteiger partial charge in [-0.05, 0) is 66.9 Å². The van der Waals surface area contributed by atoms with Crippen LogP contribution in [0.15, 0.2) is 99.9 Å². The number of nitrogens with zero attached hydrogens (tertiary/aromatic N) is 3. The van der Waals surface area contributed by atoms with Gasteiger partial charge in [0.25, 0.3) is 11.5 Å². The van der Waals surface area contributed by atoms with Crippen LogP contribution in [-0.2, 0) is 11.4 Å². The van der Waals surface area contributed by atoms with Crippen molar-refractivity contribution in [3.8, 4) is 17.2 Å². The lowest BCUT2D eigenvalue weighted by atomic mass is 9.90. The van der Waals surface area contributed by atoms with Gasteiger partial charge in [0.15, 0.2) is 16.3 Å². The van der Waals surface area contributed by atoms with Crippen molar-refractivity contribution in [2.75, 3.05) is 27.3 Å². The number of benzene rings is 4. The van der Waals surface area contributed by atoms with E-state index in [2.05, 4.69) is 0 Å². The van der Waals surface area contributed by atoms with Crippen molar-refractivity contribution < 1.29 is 19.0 Å². The molecule has 0 unspecified atom stereocenters. The number of amides is 1. The molecular weight excluding hydrogens is 646 g/mol. The van der Waals surface area contributed by atoms with Gasteiger partial charge in [0, 0.05) is 18.7 Å². The maximum absolute atomic E-state index is 14.5. The first-order chi connectivity index (χ1) is 23.3. The normalized spacial score (nSPS) is 14.5. The van der Waals surface area contributed by atoms with Crippen LogP contribution < -0.4 is 29.1 Å². The largest absolute Gasteiger partial charge is 0.496 e. The molecule has 6 rings (SSSR count). The monoisotopic (exact) mass is 681 g/mol. The predicted octanol–water partition coefficient (Wildman–Crippen LogP) is 6.51. The first-order valence-corrected chi connectivity index (χ1v) is 16.9. The summed E-state index contributed by atoms with van der Waals surface area (Å²) in [7, 11) is 3.15. The van der Waals surface area contributed by atoms with Gasteiger partial charge < -0.3 is 19.1 Å². The fourth-order valence-corrected chi connectivity index (χ4v) is 7.45. The highest BCUT2D eigenvalue weighted by Crippen LogP contribution is 2.41. The Hall–Kier alpha value is -4.86. The molecule has 48 heavy (non-hydrogen) atoms. The molecule has 0 N–H and O–H groups in total. The van der Waals surface area contributed by atoms with Gasteiger partial charge in [-0.1, -0.05) is 83.6 Å². The second-order valence-corrected chi connectivity index (χ2v) is 12.7. The molecule has 1 aromatic heterocycles. The van der Waals surface area contributed by atoms with Gasteiger partial charge in [-0.25, -0.2) is 4.99 Å². The van der Waals surface area contributed by atoms with Gasteiger partial charge in [0.2, 0.25) is 0 Å². The molecule has 0 radical (unpaired) electrons. The molecule has 1 aliphatic heterocycles. The third-order valence-electron chi connectivity index (χ3n) is 8.50. The van der Waals surface area contributed by atoms with Gasteiger partial charge in [-0.3, -0.25) is 14.2 Å². The first kappa shape index (κ1) is 33.1. The van der Waals surface area contributed by atoms with E-state index < -0.39 is 6.04 Å². The van der Waals surface area contributed by atoms with Crippen LogP contribution in [0.2, 0.25) is 5.02 Å². The Morgan fingerprint density at radius 1 is 0.979 bits per heavy atom. The third kappa shape index (κ3) is 6.11. The number of halogens is 1. The van der Waals surface area contributed by atoms with E-state index in [1.54, 1.807) is 41.9 Å². The fourth-order valence-electron chi connectivity index (χ4n) is 6.13. The van der Waals surface area contributed by atoms with Gasteiger partial charge in [-0.2, -0.15) is 0 Å². The summed E-state index contributed by atoms with van der Waals surface area (Å²) in [6.45, 7) is 7.07. The summed E-state index contributed by atoms with van der Waals surface area (Å²) in [5, 5.41) is 2.21. The lowest BCUT2D eigenvalue weighted by Crippen LogP contribution is -2.43. The maximum atomic E-state index is 14.5. The smallest absolute Gasteiger partial charge is 0.271 e. The molecule has 1 atom stereocenters. The zero-order valence-electron chi connectivity index (χ0n) is 27.5. The number of hydrogen-bond donors (Lipinski definition) is 0. The molecule has 1 aliphatic rings. The number of methoxy groups -OCH3 is 2. The van der Waals surface area contributed by atoms with Crippen molar-refractivity contribution in [2.45, 2.75) is 33.4 Å². The number of rotatable bonds is 10. The summed E-state index contributed by atoms with van der Waals surface area (Å²) in [5.74, 6) is 1.27. The molecule has 246 valence electrons. The van der Waals surface area contributed by atoms with E-state index >= 15 is 0 Å². The number of hydrogen-bond acceptors (Lipinski definition) is 7. The van der Waals surface area contributed by atoms with Gasteiger partial charge in [0.1, 0.15) is 18.4 Å². The van der Waals surface area contributed by atoms with Crippen LogP contribution in [0.4, 0.5) is 0 Å². The molecular formula is C38H36ClN3O5S. The Balaban J connectivity index is 1.52. The second kappa shape index (κ2) is 14.1. The van der Waals surface area contributed by atoms with E-state index in [1.807, 2.05) is 87.5 Å². The van der Waals surface area contributed by atoms with Gasteiger partial charge in [0.05, 0.1) is 35.0 Å². The van der Waals surface area contributed by atoms with Crippen LogP contribution in [-0.4, -0.2) is 42.7 Å². The molecule has 4 aromatic carbocycles. The van der Waals surface area contributed by atoms with E-state index in [9.17, 15) is 9.59 Å². The number of carbonyl (C=O) groups excluding carboxylic acids is 1. The van der Waals surface area contributed by atoms with Crippen molar-refractivity contribution in [3.05, 3.63) is 132 Å². The Kier molecular flexibility index (Phi) is 9.71. The van der Waals surface area contributed by atoms with Crippen molar-refractivity contribution >= 4 is 45.7 Å². The minimum Gasteiger partial charge on any atom is -0.496 e. The summed E-state index contributed by atoms with van der Waals surface area (Å²) in [6.07, 6.45) is 1.77. The number of likely N-dealkylation sites (N-methyl/N-ethyl adjacent to an activating group) is 1. The van der Waals surface area contributed by atoms with Crippen LogP contribution in [0.1, 0.15) is 43.5 Å². The highest BCUT2D eigenvalue weighted by molar-refractivity contribution is 7.07. The third-order valence-corrected chi connectivity index (χ3v) is 9.77. The van der Waals surface area contributed by atoms with E-state index in [0.717, 1.165) is 21.9 Å². The van der Waals surface area contributed by atoms with Crippen LogP contribution in [0.3, 0.4) is 0 Å². The molecule has 0 saturated carbocycles. The Morgan fingerprint density at radius 3 is 2.40 bits per heavy atom. The molecule has 0 bridgehead atoms. The molecule has 2 heterocycles. The number of thiazole rings is 1. The van der Waals surface area contributed by atoms with Crippen molar-refractivity contribution in [1.29, 1.82) is 0 Å². The SMILES string of the molecule is CCN(CC)C(=O)C1=C(C)N=c2s/c(=C/c3cc(Cl)c(OCc4ccccc4)c(OC)c3)c(=O)n2[C@H]1c1c(OC)ccc2ccccc12. The maximum Gasteiger partial charge on any atom is 0.271 e. The van der Waals surface area contributed by atoms with Crippen molar-refractivity contribution in [1.82, 2.24) is 9.47 Å². The number of carbonyl (C=O) groups is 1. The standard InChI is InChI=1S/C38H36ClN3O5S/c1-6-41(7-2)37(44)32-23(3)40-38-42(34(32)33-27-16-12-11-15-26(27)17-18-29(33)45-4)36(43)31(48-38)21-25-19-28(39)35(30(20-25)46-5)47-22-24-13-9-8-10-14-24/h8-21,34H,6-7,22H2,1-5H3/b31-21+/t34-/m1/s1. The van der Waals surface area contributed by atoms with Gasteiger partial charge in [-0.15, -0.1) is 0 Å². The zero-order valence-corrected chi connectivity index (χ0v) is 29.0. The summed E-state index contributed by atoms with van der Waals surface area (Å²) < 4.78 is 19.6. The van der Waals surface area contributed by atoms with E-state index in [4.69, 9.17) is 30.8 Å². The average Bonchev–Trinajstić information content (AvgIpc) is 3.40. The van der Waals surface area contributed by atoms with Crippen LogP contribution in [0, 0.1) is 0 Å². The van der Waals surface area contributed by atoms with Gasteiger partial charge >= 0.3 is 0 Å². The summed E-state index contributed by atoms with van der Waals surface area (Å²) in [6, 6.07) is 24.3. The van der Waals surface area contributed by atoms with E-state index in [1.165, 1.54) is 11.3 Å². The van der Waals surface area contributed by atoms with Crippen LogP contribution in [0.25, 0.3) is 16.8 Å². The quantitative estimate of drug-likeness (QED) is 0.168. The molecule has 5 aromatic rings. The molecule has 0 spiro atoms. The Morgan fingerprint density at radius 2 is 1.69 bits per heavy atom. The molecule has 0 aliphatic carbocycles. The fraction of sp³-hybridized carbons (Fsp3) is 0.237. The van der Waals surface area contributed by atoms with Crippen LogP contribution >= 0.6 is 22.9 Å². The summed E-state index contributed by atoms with van der Waals surface area (Å²) >= 11 is 7.98. The summed E-state index contributed by atoms with van der Waals surface area (Å²) in [4.78, 5) is 35.8. The molecule has 8 nitrogen and oxygen atoms in total. The summed E-state index contributed by atoms with van der Waals surface area (Å²) in [5.41, 5.74) is 3.10. The lowest BCUT2D eigenvalue weighted by molar-refractivity contribution is -0.127. The molecule has 10 heteroatoms. The second-order valence-electron chi connectivity index (χ2n) is 11.3. The highest BCUT2D eigenvalue weighted by atomic mass is 35.5. The number of ether oxygens (including phenoxy) is 3. The number of fused-ring (bicyclic) bond motifs is 2. The number of allylic oxidation sites excluding steroid dienone is 1. The minimum atomic E-state index is -0.774. The molecule has 0 fully saturated rings.